The third-order valence-electron chi connectivity index (χ3n) is 2.95. The van der Waals surface area contributed by atoms with Crippen LogP contribution in [0.3, 0.4) is 0 Å². The van der Waals surface area contributed by atoms with E-state index in [1.807, 2.05) is 0 Å². The maximum Gasteiger partial charge on any atom is 0.509 e. The van der Waals surface area contributed by atoms with E-state index in [1.54, 1.807) is 6.92 Å². The summed E-state index contributed by atoms with van der Waals surface area (Å²) in [6, 6.07) is 0. The Balaban J connectivity index is 2.32. The van der Waals surface area contributed by atoms with Gasteiger partial charge in [0.1, 0.15) is 6.10 Å². The van der Waals surface area contributed by atoms with E-state index in [4.69, 9.17) is 9.47 Å². The van der Waals surface area contributed by atoms with Gasteiger partial charge in [-0.2, -0.15) is 0 Å². The van der Waals surface area contributed by atoms with Gasteiger partial charge in [0, 0.05) is 0 Å². The molecule has 0 spiro atoms. The molecule has 4 atom stereocenters. The first-order chi connectivity index (χ1) is 7.93. The predicted octanol–water partition coefficient (Wildman–Crippen LogP) is 0.356. The molecule has 2 N–H and O–H groups in total. The number of hydrogen-bond acceptors (Lipinski definition) is 5. The fourth-order valence-corrected chi connectivity index (χ4v) is 2.07. The first-order valence-electron chi connectivity index (χ1n) is 5.40. The number of ether oxygens (including phenoxy) is 2. The smallest absolute Gasteiger partial charge is 0.427 e. The summed E-state index contributed by atoms with van der Waals surface area (Å²) in [7, 11) is 0. The number of allylic oxidation sites excluding steroid dienone is 1. The van der Waals surface area contributed by atoms with E-state index in [0.717, 1.165) is 0 Å². The maximum atomic E-state index is 11.0. The van der Waals surface area contributed by atoms with Crippen molar-refractivity contribution in [3.8, 4) is 11.8 Å². The molecule has 0 aromatic carbocycles. The van der Waals surface area contributed by atoms with Crippen LogP contribution in [0.5, 0.6) is 0 Å². The number of carbonyl (C=O) groups excluding carboxylic acids is 1. The average molecular weight is 238 g/mol. The second kappa shape index (κ2) is 4.06. The standard InChI is InChI=1S/C12H14O5/c1-7(2)5-6-12(15)9(13)4-3-8-10(12)17-11(14)16-8/h8-10,13,15H,1,3-4H2,2H3. The van der Waals surface area contributed by atoms with Crippen LogP contribution in [-0.2, 0) is 9.47 Å². The first kappa shape index (κ1) is 12.0. The van der Waals surface area contributed by atoms with Crippen molar-refractivity contribution in [3.63, 3.8) is 0 Å². The highest BCUT2D eigenvalue weighted by atomic mass is 16.8. The van der Waals surface area contributed by atoms with Gasteiger partial charge in [0.05, 0.1) is 6.10 Å². The molecule has 0 amide bonds. The van der Waals surface area contributed by atoms with Crippen LogP contribution in [0.1, 0.15) is 19.8 Å². The Kier molecular flexibility index (Phi) is 2.86. The predicted molar refractivity (Wildman–Crippen MR) is 57.9 cm³/mol. The molecule has 4 unspecified atom stereocenters. The summed E-state index contributed by atoms with van der Waals surface area (Å²) in [6.07, 6.45) is -2.62. The van der Waals surface area contributed by atoms with E-state index in [9.17, 15) is 15.0 Å². The normalized spacial score (nSPS) is 39.5. The van der Waals surface area contributed by atoms with Gasteiger partial charge < -0.3 is 19.7 Å². The first-order valence-corrected chi connectivity index (χ1v) is 5.40. The molecule has 2 aliphatic rings. The van der Waals surface area contributed by atoms with Crippen molar-refractivity contribution in [3.05, 3.63) is 12.2 Å². The molecule has 0 bridgehead atoms. The lowest BCUT2D eigenvalue weighted by molar-refractivity contribution is -0.134. The molecule has 17 heavy (non-hydrogen) atoms. The monoisotopic (exact) mass is 238 g/mol. The van der Waals surface area contributed by atoms with Gasteiger partial charge in [0.15, 0.2) is 11.7 Å². The summed E-state index contributed by atoms with van der Waals surface area (Å²) in [5, 5.41) is 20.2. The lowest BCUT2D eigenvalue weighted by atomic mass is 9.78. The van der Waals surface area contributed by atoms with Crippen LogP contribution in [0, 0.1) is 11.8 Å². The number of hydrogen-bond donors (Lipinski definition) is 2. The molecule has 1 saturated heterocycles. The SMILES string of the molecule is C=C(C)C#CC1(O)C(O)CCC2OC(=O)OC21. The van der Waals surface area contributed by atoms with Gasteiger partial charge in [-0.15, -0.1) is 0 Å². The molecule has 0 aromatic heterocycles. The van der Waals surface area contributed by atoms with Gasteiger partial charge in [0.2, 0.25) is 0 Å². The van der Waals surface area contributed by atoms with Crippen LogP contribution in [0.25, 0.3) is 0 Å². The zero-order chi connectivity index (χ0) is 12.6. The highest BCUT2D eigenvalue weighted by molar-refractivity contribution is 5.63. The molecule has 2 rings (SSSR count). The Hall–Kier alpha value is -1.51. The quantitative estimate of drug-likeness (QED) is 0.470. The second-order valence-electron chi connectivity index (χ2n) is 4.39. The summed E-state index contributed by atoms with van der Waals surface area (Å²) < 4.78 is 9.77. The average Bonchev–Trinajstić information content (AvgIpc) is 2.63. The minimum absolute atomic E-state index is 0.305. The molecule has 5 heteroatoms. The lowest BCUT2D eigenvalue weighted by Crippen LogP contribution is -2.58. The molecule has 5 nitrogen and oxygen atoms in total. The van der Waals surface area contributed by atoms with Gasteiger partial charge in [0.25, 0.3) is 0 Å². The van der Waals surface area contributed by atoms with Crippen LogP contribution in [0.4, 0.5) is 4.79 Å². The Labute approximate surface area is 99.0 Å². The van der Waals surface area contributed by atoms with Gasteiger partial charge in [-0.05, 0) is 25.3 Å². The summed E-state index contributed by atoms with van der Waals surface area (Å²) in [6.45, 7) is 5.27. The molecule has 1 aliphatic heterocycles. The highest BCUT2D eigenvalue weighted by Gasteiger charge is 2.57. The van der Waals surface area contributed by atoms with Gasteiger partial charge in [-0.1, -0.05) is 18.4 Å². The Morgan fingerprint density at radius 2 is 2.24 bits per heavy atom. The number of fused-ring (bicyclic) bond motifs is 1. The van der Waals surface area contributed by atoms with Crippen molar-refractivity contribution in [1.82, 2.24) is 0 Å². The molecule has 1 saturated carbocycles. The largest absolute Gasteiger partial charge is 0.509 e. The topological polar surface area (TPSA) is 76.0 Å². The molecular formula is C12H14O5. The van der Waals surface area contributed by atoms with Gasteiger partial charge in [-0.25, -0.2) is 4.79 Å². The van der Waals surface area contributed by atoms with Gasteiger partial charge in [-0.3, -0.25) is 0 Å². The van der Waals surface area contributed by atoms with Crippen LogP contribution in [-0.4, -0.2) is 40.3 Å². The molecular weight excluding hydrogens is 224 g/mol. The molecule has 2 fully saturated rings. The summed E-state index contributed by atoms with van der Waals surface area (Å²) in [5.41, 5.74) is -1.23. The Bertz CT molecular complexity index is 418. The van der Waals surface area contributed by atoms with E-state index >= 15 is 0 Å². The van der Waals surface area contributed by atoms with Crippen molar-refractivity contribution in [1.29, 1.82) is 0 Å². The molecule has 0 aromatic rings. The fraction of sp³-hybridized carbons (Fsp3) is 0.583. The van der Waals surface area contributed by atoms with E-state index in [2.05, 4.69) is 18.4 Å². The minimum atomic E-state index is -1.78. The Morgan fingerprint density at radius 1 is 1.53 bits per heavy atom. The number of carbonyl (C=O) groups is 1. The second-order valence-corrected chi connectivity index (χ2v) is 4.39. The third-order valence-corrected chi connectivity index (χ3v) is 2.95. The maximum absolute atomic E-state index is 11.0. The van der Waals surface area contributed by atoms with E-state index in [-0.39, 0.29) is 0 Å². The number of aliphatic hydroxyl groups excluding tert-OH is 1. The van der Waals surface area contributed by atoms with E-state index in [1.165, 1.54) is 0 Å². The third kappa shape index (κ3) is 2.02. The molecule has 0 radical (unpaired) electrons. The molecule has 1 heterocycles. The lowest BCUT2D eigenvalue weighted by Gasteiger charge is -2.37. The molecule has 92 valence electrons. The van der Waals surface area contributed by atoms with Crippen LogP contribution < -0.4 is 0 Å². The van der Waals surface area contributed by atoms with Crippen LogP contribution in [0.2, 0.25) is 0 Å². The fourth-order valence-electron chi connectivity index (χ4n) is 2.07. The zero-order valence-corrected chi connectivity index (χ0v) is 9.47. The van der Waals surface area contributed by atoms with Crippen molar-refractivity contribution >= 4 is 6.16 Å². The summed E-state index contributed by atoms with van der Waals surface area (Å²) in [4.78, 5) is 11.0. The van der Waals surface area contributed by atoms with Crippen molar-refractivity contribution < 1.29 is 24.5 Å². The van der Waals surface area contributed by atoms with E-state index < -0.39 is 30.1 Å². The van der Waals surface area contributed by atoms with Crippen molar-refractivity contribution in [2.45, 2.75) is 43.7 Å². The minimum Gasteiger partial charge on any atom is -0.427 e. The summed E-state index contributed by atoms with van der Waals surface area (Å²) >= 11 is 0. The highest BCUT2D eigenvalue weighted by Crippen LogP contribution is 2.36. The van der Waals surface area contributed by atoms with Crippen LogP contribution >= 0.6 is 0 Å². The van der Waals surface area contributed by atoms with Crippen molar-refractivity contribution in [2.75, 3.05) is 0 Å². The van der Waals surface area contributed by atoms with Crippen LogP contribution in [0.15, 0.2) is 12.2 Å². The summed E-state index contributed by atoms with van der Waals surface area (Å²) in [5.74, 6) is 5.15. The van der Waals surface area contributed by atoms with Gasteiger partial charge >= 0.3 is 6.16 Å². The number of rotatable bonds is 0. The Morgan fingerprint density at radius 3 is 2.88 bits per heavy atom. The molecule has 1 aliphatic carbocycles. The van der Waals surface area contributed by atoms with E-state index in [0.29, 0.717) is 18.4 Å². The zero-order valence-electron chi connectivity index (χ0n) is 9.47. The number of aliphatic hydroxyl groups is 2. The van der Waals surface area contributed by atoms with Crippen molar-refractivity contribution in [2.24, 2.45) is 0 Å².